The van der Waals surface area contributed by atoms with Crippen molar-refractivity contribution in [1.82, 2.24) is 5.32 Å². The standard InChI is InChI=1S/C16H21NO2/c1-3-8-14(4-2)17-16(19)15-11-6-5-9-13(15)10-7-12-18/h5-6,9,11,14,18H,3-4,8,12H2,1-2H3,(H,17,19). The first-order valence-electron chi connectivity index (χ1n) is 6.72. The van der Waals surface area contributed by atoms with Gasteiger partial charge in [0.2, 0.25) is 0 Å². The van der Waals surface area contributed by atoms with Crippen molar-refractivity contribution in [3.05, 3.63) is 35.4 Å². The highest BCUT2D eigenvalue weighted by Gasteiger charge is 2.13. The lowest BCUT2D eigenvalue weighted by Crippen LogP contribution is -2.34. The van der Waals surface area contributed by atoms with Crippen molar-refractivity contribution in [2.45, 2.75) is 39.2 Å². The molecule has 1 amide bonds. The van der Waals surface area contributed by atoms with Gasteiger partial charge in [0.05, 0.1) is 5.56 Å². The Kier molecular flexibility index (Phi) is 6.70. The van der Waals surface area contributed by atoms with Crippen LogP contribution in [-0.4, -0.2) is 23.7 Å². The minimum atomic E-state index is -0.205. The minimum absolute atomic E-state index is 0.0943. The third-order valence-electron chi connectivity index (χ3n) is 2.94. The van der Waals surface area contributed by atoms with Crippen LogP contribution >= 0.6 is 0 Å². The molecule has 3 nitrogen and oxygen atoms in total. The van der Waals surface area contributed by atoms with Gasteiger partial charge in [-0.05, 0) is 25.0 Å². The van der Waals surface area contributed by atoms with E-state index in [1.165, 1.54) is 0 Å². The summed E-state index contributed by atoms with van der Waals surface area (Å²) in [6, 6.07) is 7.41. The first kappa shape index (κ1) is 15.3. The SMILES string of the molecule is CCCC(CC)NC(=O)c1ccccc1C#CCO. The van der Waals surface area contributed by atoms with Crippen molar-refractivity contribution in [2.24, 2.45) is 0 Å². The fourth-order valence-electron chi connectivity index (χ4n) is 1.91. The van der Waals surface area contributed by atoms with E-state index in [0.717, 1.165) is 19.3 Å². The molecular formula is C16H21NO2. The fourth-order valence-corrected chi connectivity index (χ4v) is 1.91. The monoisotopic (exact) mass is 259 g/mol. The summed E-state index contributed by atoms with van der Waals surface area (Å²) in [5, 5.41) is 11.8. The first-order chi connectivity index (χ1) is 9.22. The first-order valence-corrected chi connectivity index (χ1v) is 6.72. The Bertz CT molecular complexity index is 471. The summed E-state index contributed by atoms with van der Waals surface area (Å²) >= 11 is 0. The van der Waals surface area contributed by atoms with Gasteiger partial charge in [-0.3, -0.25) is 4.79 Å². The van der Waals surface area contributed by atoms with Crippen LogP contribution in [0.2, 0.25) is 0 Å². The Labute approximate surface area is 115 Å². The summed E-state index contributed by atoms with van der Waals surface area (Å²) in [7, 11) is 0. The van der Waals surface area contributed by atoms with Gasteiger partial charge in [-0.2, -0.15) is 0 Å². The molecule has 0 heterocycles. The molecule has 0 aromatic heterocycles. The van der Waals surface area contributed by atoms with E-state index in [9.17, 15) is 4.79 Å². The Morgan fingerprint density at radius 3 is 2.74 bits per heavy atom. The van der Waals surface area contributed by atoms with Crippen molar-refractivity contribution < 1.29 is 9.90 Å². The zero-order chi connectivity index (χ0) is 14.1. The van der Waals surface area contributed by atoms with Crippen molar-refractivity contribution in [2.75, 3.05) is 6.61 Å². The van der Waals surface area contributed by atoms with Crippen molar-refractivity contribution in [3.63, 3.8) is 0 Å². The number of nitrogens with one attached hydrogen (secondary N) is 1. The average Bonchev–Trinajstić information content (AvgIpc) is 2.44. The Morgan fingerprint density at radius 2 is 2.11 bits per heavy atom. The molecular weight excluding hydrogens is 238 g/mol. The lowest BCUT2D eigenvalue weighted by Gasteiger charge is -2.16. The van der Waals surface area contributed by atoms with E-state index in [0.29, 0.717) is 11.1 Å². The summed E-state index contributed by atoms with van der Waals surface area (Å²) < 4.78 is 0. The predicted molar refractivity (Wildman–Crippen MR) is 76.9 cm³/mol. The Balaban J connectivity index is 2.87. The predicted octanol–water partition coefficient (Wildman–Crippen LogP) is 2.34. The van der Waals surface area contributed by atoms with Crippen LogP contribution in [0.3, 0.4) is 0 Å². The minimum Gasteiger partial charge on any atom is -0.384 e. The lowest BCUT2D eigenvalue weighted by molar-refractivity contribution is 0.0933. The average molecular weight is 259 g/mol. The van der Waals surface area contributed by atoms with Gasteiger partial charge < -0.3 is 10.4 Å². The largest absolute Gasteiger partial charge is 0.384 e. The molecule has 0 radical (unpaired) electrons. The number of amides is 1. The smallest absolute Gasteiger partial charge is 0.252 e. The summed E-state index contributed by atoms with van der Waals surface area (Å²) in [6.07, 6.45) is 2.95. The third kappa shape index (κ3) is 4.76. The van der Waals surface area contributed by atoms with E-state index in [4.69, 9.17) is 5.11 Å². The molecule has 1 aromatic rings. The second-order valence-corrected chi connectivity index (χ2v) is 4.37. The van der Waals surface area contributed by atoms with Gasteiger partial charge in [-0.1, -0.05) is 44.2 Å². The highest BCUT2D eigenvalue weighted by molar-refractivity contribution is 5.96. The Morgan fingerprint density at radius 1 is 1.37 bits per heavy atom. The maximum atomic E-state index is 12.2. The number of hydrogen-bond donors (Lipinski definition) is 2. The summed E-state index contributed by atoms with van der Waals surface area (Å²) in [5.74, 6) is 5.29. The van der Waals surface area contributed by atoms with Gasteiger partial charge in [0.25, 0.3) is 5.91 Å². The van der Waals surface area contributed by atoms with Gasteiger partial charge in [-0.15, -0.1) is 0 Å². The highest BCUT2D eigenvalue weighted by Crippen LogP contribution is 2.09. The molecule has 0 saturated carbocycles. The van der Waals surface area contributed by atoms with E-state index < -0.39 is 0 Å². The topological polar surface area (TPSA) is 49.3 Å². The molecule has 2 N–H and O–H groups in total. The molecule has 1 atom stereocenters. The van der Waals surface area contributed by atoms with Crippen LogP contribution < -0.4 is 5.32 Å². The number of rotatable bonds is 5. The van der Waals surface area contributed by atoms with Crippen molar-refractivity contribution >= 4 is 5.91 Å². The van der Waals surface area contributed by atoms with Gasteiger partial charge in [-0.25, -0.2) is 0 Å². The molecule has 19 heavy (non-hydrogen) atoms. The molecule has 102 valence electrons. The maximum Gasteiger partial charge on any atom is 0.252 e. The molecule has 0 fully saturated rings. The number of benzene rings is 1. The normalized spacial score (nSPS) is 11.3. The molecule has 0 aliphatic heterocycles. The molecule has 0 saturated heterocycles. The van der Waals surface area contributed by atoms with Crippen LogP contribution in [0.4, 0.5) is 0 Å². The van der Waals surface area contributed by atoms with Gasteiger partial charge in [0, 0.05) is 11.6 Å². The molecule has 1 aromatic carbocycles. The summed E-state index contributed by atoms with van der Waals surface area (Å²) in [5.41, 5.74) is 1.22. The van der Waals surface area contributed by atoms with Gasteiger partial charge in [0.15, 0.2) is 0 Å². The molecule has 1 rings (SSSR count). The quantitative estimate of drug-likeness (QED) is 0.797. The number of carbonyl (C=O) groups excluding carboxylic acids is 1. The Hall–Kier alpha value is -1.79. The summed E-state index contributed by atoms with van der Waals surface area (Å²) in [6.45, 7) is 3.97. The van der Waals surface area contributed by atoms with Gasteiger partial charge >= 0.3 is 0 Å². The molecule has 1 unspecified atom stereocenters. The van der Waals surface area contributed by atoms with Crippen LogP contribution in [-0.2, 0) is 0 Å². The lowest BCUT2D eigenvalue weighted by atomic mass is 10.1. The molecule has 0 aliphatic carbocycles. The number of hydrogen-bond acceptors (Lipinski definition) is 2. The second kappa shape index (κ2) is 8.34. The molecule has 0 spiro atoms. The third-order valence-corrected chi connectivity index (χ3v) is 2.94. The van der Waals surface area contributed by atoms with Crippen LogP contribution in [0.1, 0.15) is 49.0 Å². The van der Waals surface area contributed by atoms with Crippen LogP contribution in [0.15, 0.2) is 24.3 Å². The molecule has 3 heteroatoms. The van der Waals surface area contributed by atoms with E-state index in [1.54, 1.807) is 12.1 Å². The van der Waals surface area contributed by atoms with E-state index >= 15 is 0 Å². The summed E-state index contributed by atoms with van der Waals surface area (Å²) in [4.78, 5) is 12.2. The number of aliphatic hydroxyl groups excluding tert-OH is 1. The van der Waals surface area contributed by atoms with E-state index in [2.05, 4.69) is 31.0 Å². The van der Waals surface area contributed by atoms with E-state index in [-0.39, 0.29) is 18.6 Å². The zero-order valence-corrected chi connectivity index (χ0v) is 11.6. The second-order valence-electron chi connectivity index (χ2n) is 4.37. The van der Waals surface area contributed by atoms with Crippen molar-refractivity contribution in [3.8, 4) is 11.8 Å². The van der Waals surface area contributed by atoms with E-state index in [1.807, 2.05) is 12.1 Å². The maximum absolute atomic E-state index is 12.2. The number of carbonyl (C=O) groups is 1. The van der Waals surface area contributed by atoms with Crippen LogP contribution in [0.25, 0.3) is 0 Å². The van der Waals surface area contributed by atoms with Crippen molar-refractivity contribution in [1.29, 1.82) is 0 Å². The molecule has 0 aliphatic rings. The number of aliphatic hydroxyl groups is 1. The van der Waals surface area contributed by atoms with Crippen LogP contribution in [0.5, 0.6) is 0 Å². The van der Waals surface area contributed by atoms with Crippen LogP contribution in [0, 0.1) is 11.8 Å². The highest BCUT2D eigenvalue weighted by atomic mass is 16.2. The fraction of sp³-hybridized carbons (Fsp3) is 0.438. The zero-order valence-electron chi connectivity index (χ0n) is 11.6. The van der Waals surface area contributed by atoms with Gasteiger partial charge in [0.1, 0.15) is 6.61 Å². The molecule has 0 bridgehead atoms.